The quantitative estimate of drug-likeness (QED) is 0.613. The second-order valence-electron chi connectivity index (χ2n) is 8.99. The number of ether oxygens (including phenoxy) is 3. The summed E-state index contributed by atoms with van der Waals surface area (Å²) in [5.41, 5.74) is 2.33. The molecule has 1 atom stereocenters. The van der Waals surface area contributed by atoms with Crippen molar-refractivity contribution in [1.29, 1.82) is 0 Å². The Morgan fingerprint density at radius 1 is 1.00 bits per heavy atom. The van der Waals surface area contributed by atoms with E-state index in [1.165, 1.54) is 18.4 Å². The third kappa shape index (κ3) is 4.24. The first-order valence-electron chi connectivity index (χ1n) is 11.7. The van der Waals surface area contributed by atoms with Crippen molar-refractivity contribution in [2.75, 3.05) is 44.7 Å². The van der Waals surface area contributed by atoms with Gasteiger partial charge in [0.15, 0.2) is 16.6 Å². The summed E-state index contributed by atoms with van der Waals surface area (Å²) < 4.78 is 18.8. The molecule has 0 saturated carbocycles. The van der Waals surface area contributed by atoms with Crippen molar-refractivity contribution in [1.82, 2.24) is 9.88 Å². The minimum Gasteiger partial charge on any atom is -0.489 e. The van der Waals surface area contributed by atoms with Crippen LogP contribution in [0.15, 0.2) is 36.4 Å². The number of hydrogen-bond acceptors (Lipinski definition) is 7. The van der Waals surface area contributed by atoms with Crippen LogP contribution < -0.4 is 19.5 Å². The summed E-state index contributed by atoms with van der Waals surface area (Å²) in [6.07, 6.45) is 5.01. The maximum absolute atomic E-state index is 6.25. The number of nitrogens with one attached hydrogen (secondary N) is 1. The molecule has 1 fully saturated rings. The number of likely N-dealkylation sites (tertiary alicyclic amines) is 1. The third-order valence-corrected chi connectivity index (χ3v) is 7.74. The van der Waals surface area contributed by atoms with Gasteiger partial charge in [-0.1, -0.05) is 29.5 Å². The number of aryl methyl sites for hydroxylation is 1. The lowest BCUT2D eigenvalue weighted by molar-refractivity contribution is 0.0928. The van der Waals surface area contributed by atoms with Crippen LogP contribution in [0.2, 0.25) is 0 Å². The van der Waals surface area contributed by atoms with E-state index in [0.29, 0.717) is 25.2 Å². The second kappa shape index (κ2) is 8.79. The molecule has 3 aromatic rings. The number of fused-ring (bicyclic) bond motifs is 3. The fourth-order valence-electron chi connectivity index (χ4n) is 4.94. The van der Waals surface area contributed by atoms with Gasteiger partial charge in [-0.2, -0.15) is 0 Å². The molecule has 0 spiro atoms. The van der Waals surface area contributed by atoms with Gasteiger partial charge in [0, 0.05) is 25.2 Å². The highest BCUT2D eigenvalue weighted by molar-refractivity contribution is 7.22. The van der Waals surface area contributed by atoms with Gasteiger partial charge in [0.1, 0.15) is 25.1 Å². The van der Waals surface area contributed by atoms with Gasteiger partial charge in [0.25, 0.3) is 0 Å². The van der Waals surface area contributed by atoms with Crippen LogP contribution in [0.5, 0.6) is 17.2 Å². The lowest BCUT2D eigenvalue weighted by Gasteiger charge is -2.35. The number of piperidine rings is 1. The van der Waals surface area contributed by atoms with Gasteiger partial charge in [-0.05, 0) is 56.3 Å². The first kappa shape index (κ1) is 20.1. The molecule has 1 saturated heterocycles. The lowest BCUT2D eigenvalue weighted by Crippen LogP contribution is -2.42. The predicted molar refractivity (Wildman–Crippen MR) is 127 cm³/mol. The normalized spacial score (nSPS) is 21.2. The Bertz CT molecular complexity index is 1050. The average molecular weight is 452 g/mol. The fraction of sp³-hybridized carbons (Fsp3) is 0.480. The summed E-state index contributed by atoms with van der Waals surface area (Å²) in [5.74, 6) is 3.40. The molecule has 1 aromatic heterocycles. The Balaban J connectivity index is 0.991. The van der Waals surface area contributed by atoms with E-state index in [2.05, 4.69) is 40.5 Å². The van der Waals surface area contributed by atoms with E-state index in [9.17, 15) is 0 Å². The Labute approximate surface area is 192 Å². The highest BCUT2D eigenvalue weighted by Crippen LogP contribution is 2.38. The molecule has 3 aliphatic heterocycles. The fourth-order valence-corrected chi connectivity index (χ4v) is 5.83. The number of thiazole rings is 1. The maximum Gasteiger partial charge on any atom is 0.183 e. The zero-order valence-electron chi connectivity index (χ0n) is 18.2. The summed E-state index contributed by atoms with van der Waals surface area (Å²) in [6, 6.07) is 12.5. The van der Waals surface area contributed by atoms with Crippen molar-refractivity contribution in [2.24, 2.45) is 5.92 Å². The zero-order chi connectivity index (χ0) is 21.3. The number of nitrogens with zero attached hydrogens (tertiary/aromatic N) is 2. The van der Waals surface area contributed by atoms with Crippen LogP contribution in [0.3, 0.4) is 0 Å². The first-order chi connectivity index (χ1) is 15.8. The highest BCUT2D eigenvalue weighted by Gasteiger charge is 2.25. The van der Waals surface area contributed by atoms with Crippen LogP contribution in [0.25, 0.3) is 10.2 Å². The van der Waals surface area contributed by atoms with Gasteiger partial charge in [-0.3, -0.25) is 4.90 Å². The van der Waals surface area contributed by atoms with Crippen LogP contribution in [-0.4, -0.2) is 55.4 Å². The Kier molecular flexibility index (Phi) is 5.53. The maximum atomic E-state index is 6.25. The molecule has 1 unspecified atom stereocenters. The summed E-state index contributed by atoms with van der Waals surface area (Å²) >= 11 is 1.69. The number of benzene rings is 2. The number of para-hydroxylation sites is 1. The minimum atomic E-state index is 0.320. The minimum absolute atomic E-state index is 0.320. The van der Waals surface area contributed by atoms with Crippen LogP contribution in [-0.2, 0) is 6.42 Å². The van der Waals surface area contributed by atoms with Gasteiger partial charge in [0.05, 0.1) is 10.2 Å². The molecule has 7 heteroatoms. The molecule has 3 aliphatic rings. The third-order valence-electron chi connectivity index (χ3n) is 6.77. The van der Waals surface area contributed by atoms with E-state index in [-0.39, 0.29) is 0 Å². The standard InChI is InChI=1S/C25H29N3O3S/c1-2-4-21-18(3-1)5-6-19(31-21)16-28-9-7-17(8-10-28)15-26-25-27-20-13-22-23(14-24(20)32-25)30-12-11-29-22/h1-4,13-14,17,19H,5-12,15-16H2,(H,26,27). The smallest absolute Gasteiger partial charge is 0.183 e. The molecule has 0 amide bonds. The number of rotatable bonds is 5. The van der Waals surface area contributed by atoms with Crippen molar-refractivity contribution in [2.45, 2.75) is 31.8 Å². The summed E-state index contributed by atoms with van der Waals surface area (Å²) in [4.78, 5) is 7.34. The summed E-state index contributed by atoms with van der Waals surface area (Å²) in [6.45, 7) is 5.53. The molecule has 6 rings (SSSR count). The van der Waals surface area contributed by atoms with Gasteiger partial charge in [0.2, 0.25) is 0 Å². The van der Waals surface area contributed by atoms with Crippen LogP contribution >= 0.6 is 11.3 Å². The lowest BCUT2D eigenvalue weighted by atomic mass is 9.96. The zero-order valence-corrected chi connectivity index (χ0v) is 19.0. The molecule has 0 radical (unpaired) electrons. The van der Waals surface area contributed by atoms with E-state index >= 15 is 0 Å². The van der Waals surface area contributed by atoms with Crippen LogP contribution in [0.1, 0.15) is 24.8 Å². The molecule has 4 heterocycles. The van der Waals surface area contributed by atoms with Gasteiger partial charge in [-0.25, -0.2) is 4.98 Å². The molecular formula is C25H29N3O3S. The SMILES string of the molecule is c1ccc2c(c1)CCC(CN1CCC(CNc3nc4cc5c(cc4s3)OCCO5)CC1)O2. The van der Waals surface area contributed by atoms with Gasteiger partial charge in [-0.15, -0.1) is 0 Å². The first-order valence-corrected chi connectivity index (χ1v) is 12.5. The molecule has 2 aromatic carbocycles. The van der Waals surface area contributed by atoms with Crippen molar-refractivity contribution in [3.8, 4) is 17.2 Å². The van der Waals surface area contributed by atoms with E-state index in [0.717, 1.165) is 71.6 Å². The second-order valence-corrected chi connectivity index (χ2v) is 10.0. The monoisotopic (exact) mass is 451 g/mol. The van der Waals surface area contributed by atoms with E-state index in [1.54, 1.807) is 11.3 Å². The van der Waals surface area contributed by atoms with E-state index < -0.39 is 0 Å². The Hall–Kier alpha value is -2.51. The predicted octanol–water partition coefficient (Wildman–Crippen LogP) is 4.59. The highest BCUT2D eigenvalue weighted by atomic mass is 32.1. The van der Waals surface area contributed by atoms with E-state index in [1.807, 2.05) is 6.07 Å². The van der Waals surface area contributed by atoms with Crippen molar-refractivity contribution < 1.29 is 14.2 Å². The molecule has 1 N–H and O–H groups in total. The van der Waals surface area contributed by atoms with Crippen molar-refractivity contribution in [3.05, 3.63) is 42.0 Å². The number of aromatic nitrogens is 1. The Morgan fingerprint density at radius 2 is 1.81 bits per heavy atom. The molecular weight excluding hydrogens is 422 g/mol. The number of anilines is 1. The van der Waals surface area contributed by atoms with E-state index in [4.69, 9.17) is 19.2 Å². The molecule has 32 heavy (non-hydrogen) atoms. The average Bonchev–Trinajstić information content (AvgIpc) is 3.23. The molecule has 168 valence electrons. The summed E-state index contributed by atoms with van der Waals surface area (Å²) in [7, 11) is 0. The van der Waals surface area contributed by atoms with Crippen molar-refractivity contribution in [3.63, 3.8) is 0 Å². The molecule has 6 nitrogen and oxygen atoms in total. The Morgan fingerprint density at radius 3 is 2.69 bits per heavy atom. The largest absolute Gasteiger partial charge is 0.489 e. The van der Waals surface area contributed by atoms with Gasteiger partial charge >= 0.3 is 0 Å². The summed E-state index contributed by atoms with van der Waals surface area (Å²) in [5, 5.41) is 4.57. The van der Waals surface area contributed by atoms with Crippen molar-refractivity contribution >= 4 is 26.7 Å². The topological polar surface area (TPSA) is 55.9 Å². The molecule has 0 bridgehead atoms. The molecule has 0 aliphatic carbocycles. The number of hydrogen-bond donors (Lipinski definition) is 1. The van der Waals surface area contributed by atoms with Crippen LogP contribution in [0, 0.1) is 5.92 Å². The van der Waals surface area contributed by atoms with Gasteiger partial charge < -0.3 is 19.5 Å². The van der Waals surface area contributed by atoms with Crippen LogP contribution in [0.4, 0.5) is 5.13 Å².